The van der Waals surface area contributed by atoms with Crippen molar-refractivity contribution in [1.29, 1.82) is 0 Å². The molecule has 2 spiro atoms. The number of piperidine rings is 2. The fraction of sp³-hybridized carbons (Fsp3) is 0.739. The molecule has 8 aliphatic carbocycles. The van der Waals surface area contributed by atoms with E-state index in [2.05, 4.69) is 29.6 Å². The molecule has 2 aromatic rings. The molecular formula is C46H60F2N6O4. The Balaban J connectivity index is 0.000000133. The Kier molecular flexibility index (Phi) is 8.80. The first-order valence-electron chi connectivity index (χ1n) is 22.7. The highest BCUT2D eigenvalue weighted by molar-refractivity contribution is 5.87. The van der Waals surface area contributed by atoms with E-state index < -0.39 is 0 Å². The summed E-state index contributed by atoms with van der Waals surface area (Å²) < 4.78 is 28.7. The number of aromatic nitrogens is 2. The Morgan fingerprint density at radius 2 is 0.966 bits per heavy atom. The lowest BCUT2D eigenvalue weighted by Crippen LogP contribution is -2.65. The van der Waals surface area contributed by atoms with Crippen molar-refractivity contribution in [3.63, 3.8) is 0 Å². The van der Waals surface area contributed by atoms with Gasteiger partial charge < -0.3 is 29.8 Å². The molecule has 58 heavy (non-hydrogen) atoms. The number of amides is 2. The number of hydrogen-bond acceptors (Lipinski definition) is 8. The van der Waals surface area contributed by atoms with Crippen molar-refractivity contribution in [2.75, 3.05) is 49.1 Å². The van der Waals surface area contributed by atoms with Gasteiger partial charge in [-0.2, -0.15) is 0 Å². The number of anilines is 2. The molecule has 4 aliphatic heterocycles. The Morgan fingerprint density at radius 1 is 0.569 bits per heavy atom. The third-order valence-electron chi connectivity index (χ3n) is 17.9. The summed E-state index contributed by atoms with van der Waals surface area (Å²) in [4.78, 5) is 44.1. The van der Waals surface area contributed by atoms with Crippen LogP contribution >= 0.6 is 0 Å². The molecular weight excluding hydrogens is 739 g/mol. The fourth-order valence-corrected chi connectivity index (χ4v) is 15.8. The number of aliphatic hydroxyl groups excluding tert-OH is 2. The van der Waals surface area contributed by atoms with E-state index in [0.29, 0.717) is 71.8 Å². The molecule has 8 saturated carbocycles. The molecule has 8 bridgehead atoms. The first kappa shape index (κ1) is 37.6. The van der Waals surface area contributed by atoms with Crippen LogP contribution in [-0.4, -0.2) is 104 Å². The smallest absolute Gasteiger partial charge is 0.231 e. The Labute approximate surface area is 340 Å². The monoisotopic (exact) mass is 798 g/mol. The van der Waals surface area contributed by atoms with Gasteiger partial charge in [-0.1, -0.05) is 0 Å². The van der Waals surface area contributed by atoms with E-state index in [1.165, 1.54) is 12.4 Å². The summed E-state index contributed by atoms with van der Waals surface area (Å²) in [5.74, 6) is 2.84. The highest BCUT2D eigenvalue weighted by Crippen LogP contribution is 2.61. The van der Waals surface area contributed by atoms with Gasteiger partial charge in [-0.15, -0.1) is 0 Å². The van der Waals surface area contributed by atoms with Crippen LogP contribution in [0.2, 0.25) is 0 Å². The highest BCUT2D eigenvalue weighted by Gasteiger charge is 2.64. The average Bonchev–Trinajstić information content (AvgIpc) is 3.70. The normalized spacial score (nSPS) is 43.6. The molecule has 6 unspecified atom stereocenters. The van der Waals surface area contributed by atoms with Crippen molar-refractivity contribution in [1.82, 2.24) is 19.8 Å². The van der Waals surface area contributed by atoms with Gasteiger partial charge in [0, 0.05) is 62.7 Å². The van der Waals surface area contributed by atoms with E-state index in [1.54, 1.807) is 24.5 Å². The molecule has 0 aromatic carbocycles. The minimum atomic E-state index is -0.379. The van der Waals surface area contributed by atoms with Gasteiger partial charge in [-0.25, -0.2) is 8.78 Å². The van der Waals surface area contributed by atoms with Crippen LogP contribution in [0.3, 0.4) is 0 Å². The molecule has 14 rings (SSSR count). The van der Waals surface area contributed by atoms with Crippen LogP contribution in [0.15, 0.2) is 36.9 Å². The lowest BCUT2D eigenvalue weighted by molar-refractivity contribution is -0.168. The Bertz CT molecular complexity index is 1800. The van der Waals surface area contributed by atoms with Gasteiger partial charge >= 0.3 is 0 Å². The number of carbonyl (C=O) groups excluding carboxylic acids is 2. The molecule has 2 aromatic heterocycles. The van der Waals surface area contributed by atoms with Crippen molar-refractivity contribution in [2.24, 2.45) is 46.3 Å². The van der Waals surface area contributed by atoms with Gasteiger partial charge in [0.15, 0.2) is 11.6 Å². The third-order valence-corrected chi connectivity index (χ3v) is 17.9. The summed E-state index contributed by atoms with van der Waals surface area (Å²) in [6, 6.07) is 3.46. The summed E-state index contributed by atoms with van der Waals surface area (Å²) in [6.07, 6.45) is 21.6. The van der Waals surface area contributed by atoms with Crippen LogP contribution in [-0.2, 0) is 9.59 Å². The predicted molar refractivity (Wildman–Crippen MR) is 213 cm³/mol. The number of nitrogens with zero attached hydrogens (tertiary/aromatic N) is 6. The molecule has 2 amide bonds. The summed E-state index contributed by atoms with van der Waals surface area (Å²) in [7, 11) is 0. The quantitative estimate of drug-likeness (QED) is 0.390. The van der Waals surface area contributed by atoms with E-state index in [0.717, 1.165) is 129 Å². The van der Waals surface area contributed by atoms with E-state index in [9.17, 15) is 28.6 Å². The van der Waals surface area contributed by atoms with Crippen LogP contribution in [0.5, 0.6) is 0 Å². The molecule has 4 saturated heterocycles. The molecule has 2 N–H and O–H groups in total. The van der Waals surface area contributed by atoms with Crippen LogP contribution < -0.4 is 9.80 Å². The Hall–Kier alpha value is -3.38. The molecule has 10 nitrogen and oxygen atoms in total. The summed E-state index contributed by atoms with van der Waals surface area (Å²) in [6.45, 7) is 4.46. The number of likely N-dealkylation sites (tertiary alicyclic amines) is 2. The maximum Gasteiger partial charge on any atom is 0.231 e. The second kappa shape index (κ2) is 13.6. The number of hydrogen-bond donors (Lipinski definition) is 2. The summed E-state index contributed by atoms with van der Waals surface area (Å²) in [5, 5.41) is 21.3. The average molecular weight is 799 g/mol. The van der Waals surface area contributed by atoms with Gasteiger partial charge in [-0.3, -0.25) is 19.6 Å². The SMILES string of the molecule is O=C1N(C23CC4CC(C2)C(O)C(C4)C3)CCC12CCCN(c1ccncc1F)C2.O=C1N(C23CC4CC(C2)C(O)C(C4)C3)CCC12CCCN(c1ccncc1F)C2. The number of carbonyl (C=O) groups is 2. The second-order valence-electron chi connectivity index (χ2n) is 21.0. The van der Waals surface area contributed by atoms with Crippen molar-refractivity contribution < 1.29 is 28.6 Å². The van der Waals surface area contributed by atoms with E-state index in [-0.39, 0.29) is 45.8 Å². The number of halogens is 2. The number of rotatable bonds is 4. The van der Waals surface area contributed by atoms with Crippen LogP contribution in [0, 0.1) is 58.0 Å². The zero-order chi connectivity index (χ0) is 39.6. The zero-order valence-electron chi connectivity index (χ0n) is 33.8. The largest absolute Gasteiger partial charge is 0.393 e. The standard InChI is InChI=1S/2C23H30FN3O2/c2*24-18-13-25-5-2-19(18)26-6-1-3-22(14-26)4-7-27(21(22)29)23-10-15-8-16(11-23)20(28)17(9-15)12-23/h2*2,5,13,15-17,20,28H,1,3-4,6-12,14H2. The van der Waals surface area contributed by atoms with E-state index in [1.807, 2.05) is 0 Å². The Morgan fingerprint density at radius 3 is 1.34 bits per heavy atom. The lowest BCUT2D eigenvalue weighted by atomic mass is 9.51. The molecule has 12 heteroatoms. The number of aliphatic hydroxyl groups is 2. The van der Waals surface area contributed by atoms with Gasteiger partial charge in [0.25, 0.3) is 0 Å². The maximum absolute atomic E-state index is 14.3. The minimum Gasteiger partial charge on any atom is -0.393 e. The van der Waals surface area contributed by atoms with Gasteiger partial charge in [0.2, 0.25) is 11.8 Å². The number of pyridine rings is 2. The molecule has 0 radical (unpaired) electrons. The fourth-order valence-electron chi connectivity index (χ4n) is 15.8. The van der Waals surface area contributed by atoms with Crippen LogP contribution in [0.25, 0.3) is 0 Å². The third kappa shape index (κ3) is 5.72. The topological polar surface area (TPSA) is 113 Å². The summed E-state index contributed by atoms with van der Waals surface area (Å²) >= 11 is 0. The maximum atomic E-state index is 14.3. The van der Waals surface area contributed by atoms with E-state index >= 15 is 0 Å². The predicted octanol–water partition coefficient (Wildman–Crippen LogP) is 5.96. The van der Waals surface area contributed by atoms with Crippen molar-refractivity contribution in [3.8, 4) is 0 Å². The van der Waals surface area contributed by atoms with Gasteiger partial charge in [0.1, 0.15) is 0 Å². The van der Waals surface area contributed by atoms with Gasteiger partial charge in [-0.05, 0) is 150 Å². The van der Waals surface area contributed by atoms with Crippen molar-refractivity contribution in [3.05, 3.63) is 48.6 Å². The molecule has 12 fully saturated rings. The minimum absolute atomic E-state index is 0.0273. The molecule has 6 atom stereocenters. The molecule has 12 aliphatic rings. The van der Waals surface area contributed by atoms with Crippen LogP contribution in [0.4, 0.5) is 20.2 Å². The molecule has 312 valence electrons. The van der Waals surface area contributed by atoms with E-state index in [4.69, 9.17) is 0 Å². The van der Waals surface area contributed by atoms with Crippen molar-refractivity contribution >= 4 is 23.2 Å². The highest BCUT2D eigenvalue weighted by atomic mass is 19.1. The van der Waals surface area contributed by atoms with Crippen LogP contribution in [0.1, 0.15) is 103 Å². The lowest BCUT2D eigenvalue weighted by Gasteiger charge is -2.61. The zero-order valence-corrected chi connectivity index (χ0v) is 33.8. The van der Waals surface area contributed by atoms with Crippen molar-refractivity contribution in [2.45, 2.75) is 126 Å². The molecule has 6 heterocycles. The first-order valence-corrected chi connectivity index (χ1v) is 22.7. The van der Waals surface area contributed by atoms with Gasteiger partial charge in [0.05, 0.1) is 46.8 Å². The first-order chi connectivity index (χ1) is 28.0. The summed E-state index contributed by atoms with van der Waals surface area (Å²) in [5.41, 5.74) is 0.332. The second-order valence-corrected chi connectivity index (χ2v) is 21.0.